The van der Waals surface area contributed by atoms with Crippen molar-refractivity contribution in [3.63, 3.8) is 0 Å². The molecule has 1 aliphatic heterocycles. The van der Waals surface area contributed by atoms with Crippen molar-refractivity contribution in [2.45, 2.75) is 48.1 Å². The molecule has 0 bridgehead atoms. The van der Waals surface area contributed by atoms with Crippen LogP contribution in [0.25, 0.3) is 0 Å². The fourth-order valence-electron chi connectivity index (χ4n) is 1.92. The topological polar surface area (TPSA) is 12.0 Å². The summed E-state index contributed by atoms with van der Waals surface area (Å²) in [6, 6.07) is 0.679. The van der Waals surface area contributed by atoms with Crippen molar-refractivity contribution < 1.29 is 0 Å². The summed E-state index contributed by atoms with van der Waals surface area (Å²) in [4.78, 5) is 7.56. The van der Waals surface area contributed by atoms with Crippen LogP contribution in [0, 0.1) is 5.41 Å². The second-order valence-corrected chi connectivity index (χ2v) is 21.2. The van der Waals surface area contributed by atoms with Crippen molar-refractivity contribution in [3.05, 3.63) is 9.67 Å². The predicted molar refractivity (Wildman–Crippen MR) is 67.3 cm³/mol. The SMILES string of the molecule is CC(C)(C)C1C[C]([Sn]([CH3])([CH3])[CH3])=CCN1. The zero-order chi connectivity index (χ0) is 11.0. The van der Waals surface area contributed by atoms with Gasteiger partial charge in [-0.1, -0.05) is 0 Å². The first-order chi connectivity index (χ1) is 6.21. The zero-order valence-electron chi connectivity index (χ0n) is 10.6. The van der Waals surface area contributed by atoms with Gasteiger partial charge < -0.3 is 0 Å². The van der Waals surface area contributed by atoms with Crippen LogP contribution < -0.4 is 5.32 Å². The van der Waals surface area contributed by atoms with Crippen molar-refractivity contribution in [1.82, 2.24) is 5.32 Å². The van der Waals surface area contributed by atoms with Gasteiger partial charge in [0.25, 0.3) is 0 Å². The van der Waals surface area contributed by atoms with Gasteiger partial charge in [0.2, 0.25) is 0 Å². The molecule has 0 spiro atoms. The van der Waals surface area contributed by atoms with E-state index in [1.165, 1.54) is 6.42 Å². The number of hydrogen-bond donors (Lipinski definition) is 1. The van der Waals surface area contributed by atoms with E-state index in [-0.39, 0.29) is 0 Å². The van der Waals surface area contributed by atoms with E-state index in [1.54, 1.807) is 0 Å². The second-order valence-electron chi connectivity index (χ2n) is 6.51. The van der Waals surface area contributed by atoms with Gasteiger partial charge in [-0.05, 0) is 0 Å². The van der Waals surface area contributed by atoms with Gasteiger partial charge in [-0.2, -0.15) is 0 Å². The Morgan fingerprint density at radius 2 is 1.86 bits per heavy atom. The summed E-state index contributed by atoms with van der Waals surface area (Å²) >= 11 is -1.77. The molecule has 14 heavy (non-hydrogen) atoms. The van der Waals surface area contributed by atoms with Gasteiger partial charge in [0.15, 0.2) is 0 Å². The van der Waals surface area contributed by atoms with Crippen LogP contribution in [0.5, 0.6) is 0 Å². The van der Waals surface area contributed by atoms with E-state index in [0.29, 0.717) is 11.5 Å². The molecule has 1 nitrogen and oxygen atoms in total. The minimum absolute atomic E-state index is 0.399. The monoisotopic (exact) mass is 303 g/mol. The van der Waals surface area contributed by atoms with Crippen molar-refractivity contribution in [3.8, 4) is 0 Å². The molecule has 0 aromatic carbocycles. The molecule has 0 radical (unpaired) electrons. The summed E-state index contributed by atoms with van der Waals surface area (Å²) < 4.78 is 1.82. The van der Waals surface area contributed by atoms with Crippen LogP contribution in [-0.2, 0) is 0 Å². The van der Waals surface area contributed by atoms with E-state index in [1.807, 2.05) is 3.59 Å². The Morgan fingerprint density at radius 1 is 1.29 bits per heavy atom. The molecule has 0 saturated heterocycles. The number of rotatable bonds is 1. The van der Waals surface area contributed by atoms with Crippen LogP contribution in [0.3, 0.4) is 0 Å². The van der Waals surface area contributed by atoms with Crippen LogP contribution in [0.4, 0.5) is 0 Å². The molecule has 0 fully saturated rings. The van der Waals surface area contributed by atoms with Crippen LogP contribution >= 0.6 is 0 Å². The van der Waals surface area contributed by atoms with E-state index >= 15 is 0 Å². The molecule has 0 saturated carbocycles. The van der Waals surface area contributed by atoms with Crippen LogP contribution in [0.2, 0.25) is 14.8 Å². The third-order valence-electron chi connectivity index (χ3n) is 3.15. The molecule has 0 aromatic heterocycles. The molecular weight excluding hydrogens is 277 g/mol. The Hall–Kier alpha value is 0.499. The quantitative estimate of drug-likeness (QED) is 0.734. The molecular formula is C12H25NSn. The van der Waals surface area contributed by atoms with Gasteiger partial charge >= 0.3 is 93.4 Å². The standard InChI is InChI=1S/C9H16N.3CH3.Sn/c1-9(2,3)8-6-4-5-7-10-8;;;;/h5,8,10H,6-7H2,1-3H3;3*1H3;. The first-order valence-corrected chi connectivity index (χ1v) is 15.6. The van der Waals surface area contributed by atoms with Crippen molar-refractivity contribution in [2.24, 2.45) is 5.41 Å². The molecule has 0 aliphatic carbocycles. The molecule has 82 valence electrons. The fourth-order valence-corrected chi connectivity index (χ4v) is 6.29. The first kappa shape index (κ1) is 12.6. The van der Waals surface area contributed by atoms with Crippen LogP contribution in [-0.4, -0.2) is 31.0 Å². The van der Waals surface area contributed by atoms with Crippen LogP contribution in [0.15, 0.2) is 9.67 Å². The normalized spacial score (nSPS) is 24.7. The Labute approximate surface area is 93.2 Å². The number of hydrogen-bond acceptors (Lipinski definition) is 1. The summed E-state index contributed by atoms with van der Waals surface area (Å²) in [5.41, 5.74) is 0.399. The van der Waals surface area contributed by atoms with E-state index in [9.17, 15) is 0 Å². The van der Waals surface area contributed by atoms with Gasteiger partial charge in [0.05, 0.1) is 0 Å². The molecule has 0 amide bonds. The maximum atomic E-state index is 3.62. The van der Waals surface area contributed by atoms with Gasteiger partial charge in [-0.25, -0.2) is 0 Å². The molecule has 1 atom stereocenters. The molecule has 2 heteroatoms. The minimum atomic E-state index is -1.77. The first-order valence-electron chi connectivity index (χ1n) is 5.64. The number of nitrogens with one attached hydrogen (secondary N) is 1. The summed E-state index contributed by atoms with van der Waals surface area (Å²) in [5.74, 6) is 0. The molecule has 1 heterocycles. The summed E-state index contributed by atoms with van der Waals surface area (Å²) in [6.45, 7) is 8.11. The summed E-state index contributed by atoms with van der Waals surface area (Å²) in [7, 11) is 0. The molecule has 1 rings (SSSR count). The third kappa shape index (κ3) is 3.26. The Kier molecular flexibility index (Phi) is 3.74. The van der Waals surface area contributed by atoms with Crippen molar-refractivity contribution >= 4 is 18.4 Å². The second kappa shape index (κ2) is 4.17. The van der Waals surface area contributed by atoms with E-state index < -0.39 is 18.4 Å². The zero-order valence-corrected chi connectivity index (χ0v) is 13.4. The Morgan fingerprint density at radius 3 is 2.29 bits per heavy atom. The average molecular weight is 302 g/mol. The molecule has 1 aliphatic rings. The van der Waals surface area contributed by atoms with E-state index in [0.717, 1.165) is 6.54 Å². The Bertz CT molecular complexity index is 230. The summed E-state index contributed by atoms with van der Waals surface area (Å²) in [6.07, 6.45) is 3.75. The van der Waals surface area contributed by atoms with Crippen LogP contribution in [0.1, 0.15) is 27.2 Å². The fraction of sp³-hybridized carbons (Fsp3) is 0.833. The molecule has 0 aromatic rings. The summed E-state index contributed by atoms with van der Waals surface area (Å²) in [5, 5.41) is 3.62. The van der Waals surface area contributed by atoms with E-state index in [2.05, 4.69) is 47.0 Å². The maximum absolute atomic E-state index is 3.62. The van der Waals surface area contributed by atoms with Gasteiger partial charge in [-0.15, -0.1) is 0 Å². The van der Waals surface area contributed by atoms with E-state index in [4.69, 9.17) is 0 Å². The molecule has 1 unspecified atom stereocenters. The van der Waals surface area contributed by atoms with Crippen molar-refractivity contribution in [1.29, 1.82) is 0 Å². The molecule has 1 N–H and O–H groups in total. The van der Waals surface area contributed by atoms with Gasteiger partial charge in [0.1, 0.15) is 0 Å². The van der Waals surface area contributed by atoms with Gasteiger partial charge in [-0.3, -0.25) is 0 Å². The van der Waals surface area contributed by atoms with Crippen molar-refractivity contribution in [2.75, 3.05) is 6.54 Å². The Balaban J connectivity index is 2.73. The predicted octanol–water partition coefficient (Wildman–Crippen LogP) is 3.20. The third-order valence-corrected chi connectivity index (χ3v) is 9.81. The van der Waals surface area contributed by atoms with Gasteiger partial charge in [0, 0.05) is 0 Å². The average Bonchev–Trinajstić information content (AvgIpc) is 2.01.